The van der Waals surface area contributed by atoms with E-state index in [1.807, 2.05) is 32.0 Å². The smallest absolute Gasteiger partial charge is 0.226 e. The van der Waals surface area contributed by atoms with Crippen LogP contribution in [0.2, 0.25) is 5.02 Å². The van der Waals surface area contributed by atoms with Gasteiger partial charge in [-0.25, -0.2) is 9.37 Å². The van der Waals surface area contributed by atoms with Crippen molar-refractivity contribution in [3.05, 3.63) is 64.7 Å². The van der Waals surface area contributed by atoms with Crippen LogP contribution < -0.4 is 4.74 Å². The Morgan fingerprint density at radius 1 is 1.09 bits per heavy atom. The van der Waals surface area contributed by atoms with Crippen molar-refractivity contribution in [3.8, 4) is 23.1 Å². The first-order valence-corrected chi connectivity index (χ1v) is 7.32. The van der Waals surface area contributed by atoms with Gasteiger partial charge in [-0.3, -0.25) is 4.98 Å². The van der Waals surface area contributed by atoms with E-state index < -0.39 is 5.82 Å². The summed E-state index contributed by atoms with van der Waals surface area (Å²) in [6.45, 7) is 3.72. The van der Waals surface area contributed by atoms with E-state index in [1.165, 1.54) is 18.2 Å². The van der Waals surface area contributed by atoms with Crippen LogP contribution in [0.4, 0.5) is 4.39 Å². The summed E-state index contributed by atoms with van der Waals surface area (Å²) in [6, 6.07) is 9.44. The zero-order valence-electron chi connectivity index (χ0n) is 12.5. The van der Waals surface area contributed by atoms with Crippen molar-refractivity contribution in [1.82, 2.24) is 15.0 Å². The molecule has 6 heteroatoms. The van der Waals surface area contributed by atoms with E-state index >= 15 is 0 Å². The maximum atomic E-state index is 13.1. The van der Waals surface area contributed by atoms with E-state index in [9.17, 15) is 4.39 Å². The third kappa shape index (κ3) is 3.29. The van der Waals surface area contributed by atoms with Crippen molar-refractivity contribution >= 4 is 11.6 Å². The van der Waals surface area contributed by atoms with Crippen molar-refractivity contribution in [2.45, 2.75) is 13.8 Å². The molecule has 0 radical (unpaired) electrons. The van der Waals surface area contributed by atoms with Crippen LogP contribution >= 0.6 is 11.6 Å². The van der Waals surface area contributed by atoms with Crippen LogP contribution in [0.5, 0.6) is 11.6 Å². The summed E-state index contributed by atoms with van der Waals surface area (Å²) in [7, 11) is 0. The van der Waals surface area contributed by atoms with Crippen molar-refractivity contribution in [2.24, 2.45) is 0 Å². The van der Waals surface area contributed by atoms with Gasteiger partial charge in [-0.15, -0.1) is 0 Å². The first kappa shape index (κ1) is 15.4. The van der Waals surface area contributed by atoms with Crippen molar-refractivity contribution in [1.29, 1.82) is 0 Å². The number of nitrogens with zero attached hydrogens (tertiary/aromatic N) is 3. The fraction of sp³-hybridized carbons (Fsp3) is 0.118. The van der Waals surface area contributed by atoms with Gasteiger partial charge >= 0.3 is 0 Å². The quantitative estimate of drug-likeness (QED) is 0.696. The van der Waals surface area contributed by atoms with E-state index in [0.29, 0.717) is 23.1 Å². The minimum atomic E-state index is -0.424. The largest absolute Gasteiger partial charge is 0.437 e. The molecule has 0 atom stereocenters. The Morgan fingerprint density at radius 2 is 1.91 bits per heavy atom. The van der Waals surface area contributed by atoms with Gasteiger partial charge in [0.25, 0.3) is 0 Å². The highest BCUT2D eigenvalue weighted by atomic mass is 35.5. The molecule has 0 aliphatic carbocycles. The van der Waals surface area contributed by atoms with E-state index in [0.717, 1.165) is 11.3 Å². The van der Waals surface area contributed by atoms with Gasteiger partial charge in [-0.2, -0.15) is 4.98 Å². The maximum absolute atomic E-state index is 13.1. The molecule has 0 unspecified atom stereocenters. The number of benzene rings is 1. The third-order valence-electron chi connectivity index (χ3n) is 3.34. The zero-order chi connectivity index (χ0) is 16.4. The lowest BCUT2D eigenvalue weighted by Gasteiger charge is -2.12. The molecule has 3 aromatic rings. The summed E-state index contributed by atoms with van der Waals surface area (Å²) >= 11 is 6.01. The molecule has 2 aromatic heterocycles. The number of hydrogen-bond acceptors (Lipinski definition) is 4. The summed E-state index contributed by atoms with van der Waals surface area (Å²) in [4.78, 5) is 13.1. The maximum Gasteiger partial charge on any atom is 0.226 e. The normalized spacial score (nSPS) is 10.6. The van der Waals surface area contributed by atoms with Gasteiger partial charge in [0.15, 0.2) is 5.82 Å². The van der Waals surface area contributed by atoms with Gasteiger partial charge < -0.3 is 4.74 Å². The fourth-order valence-electron chi connectivity index (χ4n) is 1.97. The van der Waals surface area contributed by atoms with Crippen LogP contribution in [0.3, 0.4) is 0 Å². The molecule has 0 saturated heterocycles. The zero-order valence-corrected chi connectivity index (χ0v) is 13.3. The SMILES string of the molecule is Cc1nc(-c2ccccn2)nc(Oc2ccc(F)cc2Cl)c1C. The molecule has 0 amide bonds. The monoisotopic (exact) mass is 329 g/mol. The molecule has 4 nitrogen and oxygen atoms in total. The Balaban J connectivity index is 2.03. The molecule has 0 bridgehead atoms. The van der Waals surface area contributed by atoms with Crippen molar-refractivity contribution in [3.63, 3.8) is 0 Å². The average Bonchev–Trinajstić information content (AvgIpc) is 2.55. The van der Waals surface area contributed by atoms with Crippen molar-refractivity contribution < 1.29 is 9.13 Å². The van der Waals surface area contributed by atoms with Crippen LogP contribution in [0, 0.1) is 19.7 Å². The molecule has 0 N–H and O–H groups in total. The lowest BCUT2D eigenvalue weighted by Crippen LogP contribution is -2.01. The second-order valence-electron chi connectivity index (χ2n) is 4.95. The highest BCUT2D eigenvalue weighted by Gasteiger charge is 2.14. The number of ether oxygens (including phenoxy) is 1. The molecule has 0 saturated carbocycles. The Hall–Kier alpha value is -2.53. The first-order chi connectivity index (χ1) is 11.0. The molecule has 0 aliphatic rings. The molecule has 23 heavy (non-hydrogen) atoms. The van der Waals surface area contributed by atoms with E-state index in [-0.39, 0.29) is 5.02 Å². The Bertz CT molecular complexity index is 856. The lowest BCUT2D eigenvalue weighted by molar-refractivity contribution is 0.456. The highest BCUT2D eigenvalue weighted by molar-refractivity contribution is 6.32. The minimum absolute atomic E-state index is 0.181. The standard InChI is InChI=1S/C17H13ClFN3O/c1-10-11(2)21-16(14-5-3-4-8-20-14)22-17(10)23-15-7-6-12(19)9-13(15)18/h3-9H,1-2H3. The molecular formula is C17H13ClFN3O. The van der Waals surface area contributed by atoms with Gasteiger partial charge in [0.2, 0.25) is 5.88 Å². The second kappa shape index (κ2) is 6.30. The molecular weight excluding hydrogens is 317 g/mol. The van der Waals surface area contributed by atoms with Crippen LogP contribution in [0.1, 0.15) is 11.3 Å². The first-order valence-electron chi connectivity index (χ1n) is 6.94. The van der Waals surface area contributed by atoms with Gasteiger partial charge in [-0.1, -0.05) is 17.7 Å². The van der Waals surface area contributed by atoms with Gasteiger partial charge in [0, 0.05) is 17.5 Å². The molecule has 0 spiro atoms. The highest BCUT2D eigenvalue weighted by Crippen LogP contribution is 2.32. The fourth-order valence-corrected chi connectivity index (χ4v) is 2.18. The average molecular weight is 330 g/mol. The Morgan fingerprint density at radius 3 is 2.61 bits per heavy atom. The molecule has 2 heterocycles. The number of pyridine rings is 1. The van der Waals surface area contributed by atoms with Gasteiger partial charge in [0.1, 0.15) is 17.3 Å². The van der Waals surface area contributed by atoms with Gasteiger partial charge in [0.05, 0.1) is 5.02 Å². The number of rotatable bonds is 3. The molecule has 0 aliphatic heterocycles. The van der Waals surface area contributed by atoms with Crippen LogP contribution in [-0.2, 0) is 0 Å². The van der Waals surface area contributed by atoms with Crippen LogP contribution in [-0.4, -0.2) is 15.0 Å². The Labute approximate surface area is 138 Å². The number of aromatic nitrogens is 3. The summed E-state index contributed by atoms with van der Waals surface area (Å²) < 4.78 is 18.9. The van der Waals surface area contributed by atoms with Crippen molar-refractivity contribution in [2.75, 3.05) is 0 Å². The Kier molecular flexibility index (Phi) is 4.21. The number of hydrogen-bond donors (Lipinski definition) is 0. The number of aryl methyl sites for hydroxylation is 1. The molecule has 0 fully saturated rings. The third-order valence-corrected chi connectivity index (χ3v) is 3.63. The summed E-state index contributed by atoms with van der Waals surface area (Å²) in [5.74, 6) is 0.738. The minimum Gasteiger partial charge on any atom is -0.437 e. The van der Waals surface area contributed by atoms with E-state index in [4.69, 9.17) is 16.3 Å². The van der Waals surface area contributed by atoms with E-state index in [1.54, 1.807) is 6.20 Å². The van der Waals surface area contributed by atoms with Gasteiger partial charge in [-0.05, 0) is 44.2 Å². The topological polar surface area (TPSA) is 47.9 Å². The predicted molar refractivity (Wildman–Crippen MR) is 86.2 cm³/mol. The lowest BCUT2D eigenvalue weighted by atomic mass is 10.2. The second-order valence-corrected chi connectivity index (χ2v) is 5.36. The summed E-state index contributed by atoms with van der Waals surface area (Å²) in [5, 5.41) is 0.181. The van der Waals surface area contributed by atoms with Crippen LogP contribution in [0.15, 0.2) is 42.6 Å². The molecule has 116 valence electrons. The summed E-state index contributed by atoms with van der Waals surface area (Å²) in [6.07, 6.45) is 1.67. The molecule has 1 aromatic carbocycles. The number of halogens is 2. The predicted octanol–water partition coefficient (Wildman–Crippen LogP) is 4.74. The van der Waals surface area contributed by atoms with Crippen LogP contribution in [0.25, 0.3) is 11.5 Å². The molecule has 3 rings (SSSR count). The van der Waals surface area contributed by atoms with E-state index in [2.05, 4.69) is 15.0 Å². The summed E-state index contributed by atoms with van der Waals surface area (Å²) in [5.41, 5.74) is 2.20.